The van der Waals surface area contributed by atoms with Crippen LogP contribution in [0.5, 0.6) is 0 Å². The van der Waals surface area contributed by atoms with E-state index in [1.807, 2.05) is 12.1 Å². The summed E-state index contributed by atoms with van der Waals surface area (Å²) in [5.41, 5.74) is 0. The van der Waals surface area contributed by atoms with Crippen molar-refractivity contribution < 1.29 is 18.8 Å². The fraction of sp³-hybridized carbons (Fsp3) is 0.706. The summed E-state index contributed by atoms with van der Waals surface area (Å²) in [7, 11) is 0. The van der Waals surface area contributed by atoms with Crippen LogP contribution in [0.1, 0.15) is 31.4 Å². The number of piperidine rings is 1. The van der Waals surface area contributed by atoms with Crippen LogP contribution in [0.3, 0.4) is 0 Å². The lowest BCUT2D eigenvalue weighted by Crippen LogP contribution is -2.53. The number of ether oxygens (including phenoxy) is 1. The molecule has 3 aliphatic rings. The maximum absolute atomic E-state index is 12.8. The lowest BCUT2D eigenvalue weighted by atomic mass is 9.89. The zero-order valence-corrected chi connectivity index (χ0v) is 13.4. The molecule has 3 fully saturated rings. The number of carbonyl (C=O) groups is 1. The van der Waals surface area contributed by atoms with Crippen molar-refractivity contribution in [2.45, 2.75) is 44.4 Å². The van der Waals surface area contributed by atoms with Gasteiger partial charge in [0.1, 0.15) is 5.76 Å². The molecular weight excluding hydrogens is 296 g/mol. The molecular formula is C17H24N2O4. The van der Waals surface area contributed by atoms with Gasteiger partial charge >= 0.3 is 0 Å². The Hall–Kier alpha value is -1.37. The van der Waals surface area contributed by atoms with Crippen molar-refractivity contribution in [1.82, 2.24) is 9.96 Å². The molecule has 0 unspecified atom stereocenters. The molecule has 6 nitrogen and oxygen atoms in total. The van der Waals surface area contributed by atoms with Gasteiger partial charge < -0.3 is 9.15 Å². The molecule has 4 heterocycles. The highest BCUT2D eigenvalue weighted by atomic mass is 16.7. The number of furan rings is 1. The molecule has 0 spiro atoms. The molecule has 0 aliphatic carbocycles. The van der Waals surface area contributed by atoms with Crippen LogP contribution < -0.4 is 0 Å². The summed E-state index contributed by atoms with van der Waals surface area (Å²) >= 11 is 0. The maximum Gasteiger partial charge on any atom is 0.250 e. The third-order valence-corrected chi connectivity index (χ3v) is 5.15. The van der Waals surface area contributed by atoms with E-state index in [0.29, 0.717) is 19.2 Å². The number of hydrogen-bond acceptors (Lipinski definition) is 5. The number of fused-ring (bicyclic) bond motifs is 1. The number of nitrogens with zero attached hydrogens (tertiary/aromatic N) is 2. The standard InChI is InChI=1S/C17H24N2O4/c20-17(19-6-1-2-8-23-19)13-10-16-15(5-9-22-16)18(11-13)12-14-4-3-7-21-14/h3-4,7,13,15-16H,1-2,5-6,8-12H2/t13-,15+,16+/m0/s1. The van der Waals surface area contributed by atoms with E-state index in [9.17, 15) is 4.79 Å². The summed E-state index contributed by atoms with van der Waals surface area (Å²) in [6, 6.07) is 4.29. The van der Waals surface area contributed by atoms with Crippen molar-refractivity contribution in [1.29, 1.82) is 0 Å². The highest BCUT2D eigenvalue weighted by Crippen LogP contribution is 2.33. The minimum absolute atomic E-state index is 0.0533. The topological polar surface area (TPSA) is 55.2 Å². The van der Waals surface area contributed by atoms with Crippen LogP contribution >= 0.6 is 0 Å². The van der Waals surface area contributed by atoms with E-state index in [4.69, 9.17) is 14.0 Å². The molecule has 0 saturated carbocycles. The van der Waals surface area contributed by atoms with Gasteiger partial charge in [-0.15, -0.1) is 0 Å². The molecule has 0 radical (unpaired) electrons. The van der Waals surface area contributed by atoms with Crippen molar-refractivity contribution in [3.63, 3.8) is 0 Å². The summed E-state index contributed by atoms with van der Waals surface area (Å²) in [4.78, 5) is 20.7. The summed E-state index contributed by atoms with van der Waals surface area (Å²) in [5.74, 6) is 1.00. The molecule has 126 valence electrons. The van der Waals surface area contributed by atoms with Crippen LogP contribution in [0.25, 0.3) is 0 Å². The number of carbonyl (C=O) groups excluding carboxylic acids is 1. The van der Waals surface area contributed by atoms with E-state index in [1.165, 1.54) is 0 Å². The fourth-order valence-corrected chi connectivity index (χ4v) is 3.99. The normalized spacial score (nSPS) is 32.0. The zero-order valence-electron chi connectivity index (χ0n) is 13.4. The smallest absolute Gasteiger partial charge is 0.250 e. The maximum atomic E-state index is 12.8. The Balaban J connectivity index is 1.46. The molecule has 1 aromatic rings. The second-order valence-electron chi connectivity index (χ2n) is 6.69. The highest BCUT2D eigenvalue weighted by molar-refractivity contribution is 5.78. The van der Waals surface area contributed by atoms with Gasteiger partial charge in [-0.3, -0.25) is 14.5 Å². The van der Waals surface area contributed by atoms with Crippen molar-refractivity contribution in [3.8, 4) is 0 Å². The van der Waals surface area contributed by atoms with Crippen LogP contribution in [0.4, 0.5) is 0 Å². The second-order valence-corrected chi connectivity index (χ2v) is 6.69. The van der Waals surface area contributed by atoms with Gasteiger partial charge in [0.15, 0.2) is 0 Å². The molecule has 0 bridgehead atoms. The number of likely N-dealkylation sites (tertiary alicyclic amines) is 1. The Morgan fingerprint density at radius 1 is 1.30 bits per heavy atom. The number of amides is 1. The largest absolute Gasteiger partial charge is 0.468 e. The zero-order chi connectivity index (χ0) is 15.6. The Morgan fingerprint density at radius 3 is 3.04 bits per heavy atom. The van der Waals surface area contributed by atoms with Crippen LogP contribution in [0.15, 0.2) is 22.8 Å². The lowest BCUT2D eigenvalue weighted by Gasteiger charge is -2.41. The Kier molecular flexibility index (Phi) is 4.37. The van der Waals surface area contributed by atoms with Crippen LogP contribution in [0, 0.1) is 5.92 Å². The SMILES string of the molecule is O=C([C@H]1C[C@H]2OCC[C@H]2N(Cc2ccco2)C1)N1CCCCO1. The third kappa shape index (κ3) is 3.16. The van der Waals surface area contributed by atoms with Gasteiger partial charge in [-0.2, -0.15) is 0 Å². The molecule has 1 amide bonds. The average Bonchev–Trinajstić information content (AvgIpc) is 3.26. The Bertz CT molecular complexity index is 527. The van der Waals surface area contributed by atoms with Crippen LogP contribution in [-0.2, 0) is 20.9 Å². The third-order valence-electron chi connectivity index (χ3n) is 5.15. The number of hydrogen-bond donors (Lipinski definition) is 0. The molecule has 3 aliphatic heterocycles. The molecule has 3 saturated heterocycles. The van der Waals surface area contributed by atoms with Crippen molar-refractivity contribution in [2.24, 2.45) is 5.92 Å². The molecule has 0 aromatic carbocycles. The van der Waals surface area contributed by atoms with Crippen molar-refractivity contribution >= 4 is 5.91 Å². The lowest BCUT2D eigenvalue weighted by molar-refractivity contribution is -0.204. The monoisotopic (exact) mass is 320 g/mol. The predicted octanol–water partition coefficient (Wildman–Crippen LogP) is 1.81. The van der Waals surface area contributed by atoms with Crippen molar-refractivity contribution in [3.05, 3.63) is 24.2 Å². The minimum Gasteiger partial charge on any atom is -0.468 e. The summed E-state index contributed by atoms with van der Waals surface area (Å²) in [5, 5.41) is 1.58. The average molecular weight is 320 g/mol. The molecule has 3 atom stereocenters. The Labute approximate surface area is 136 Å². The first-order chi connectivity index (χ1) is 11.3. The molecule has 1 aromatic heterocycles. The van der Waals surface area contributed by atoms with E-state index in [-0.39, 0.29) is 17.9 Å². The van der Waals surface area contributed by atoms with E-state index < -0.39 is 0 Å². The van der Waals surface area contributed by atoms with Gasteiger partial charge in [0.2, 0.25) is 0 Å². The van der Waals surface area contributed by atoms with E-state index in [0.717, 1.165) is 51.1 Å². The fourth-order valence-electron chi connectivity index (χ4n) is 3.99. The van der Waals surface area contributed by atoms with Gasteiger partial charge in [0.05, 0.1) is 31.4 Å². The van der Waals surface area contributed by atoms with Crippen molar-refractivity contribution in [2.75, 3.05) is 26.3 Å². The first kappa shape index (κ1) is 15.2. The predicted molar refractivity (Wildman–Crippen MR) is 82.3 cm³/mol. The first-order valence-corrected chi connectivity index (χ1v) is 8.63. The quantitative estimate of drug-likeness (QED) is 0.850. The van der Waals surface area contributed by atoms with Gasteiger partial charge in [0, 0.05) is 25.7 Å². The summed E-state index contributed by atoms with van der Waals surface area (Å²) in [6.07, 6.45) is 5.75. The summed E-state index contributed by atoms with van der Waals surface area (Å²) in [6.45, 7) is 3.64. The first-order valence-electron chi connectivity index (χ1n) is 8.63. The summed E-state index contributed by atoms with van der Waals surface area (Å²) < 4.78 is 11.4. The Morgan fingerprint density at radius 2 is 2.26 bits per heavy atom. The van der Waals surface area contributed by atoms with Gasteiger partial charge in [-0.25, -0.2) is 5.06 Å². The van der Waals surface area contributed by atoms with E-state index in [1.54, 1.807) is 11.3 Å². The van der Waals surface area contributed by atoms with Crippen LogP contribution in [-0.4, -0.2) is 54.3 Å². The number of hydroxylamine groups is 2. The molecule has 0 N–H and O–H groups in total. The van der Waals surface area contributed by atoms with Gasteiger partial charge in [0.25, 0.3) is 5.91 Å². The second kappa shape index (κ2) is 6.63. The van der Waals surface area contributed by atoms with Gasteiger partial charge in [-0.05, 0) is 37.8 Å². The number of rotatable bonds is 3. The minimum atomic E-state index is -0.0533. The van der Waals surface area contributed by atoms with Crippen LogP contribution in [0.2, 0.25) is 0 Å². The molecule has 23 heavy (non-hydrogen) atoms. The van der Waals surface area contributed by atoms with E-state index >= 15 is 0 Å². The molecule has 4 rings (SSSR count). The highest BCUT2D eigenvalue weighted by Gasteiger charge is 2.43. The van der Waals surface area contributed by atoms with Gasteiger partial charge in [-0.1, -0.05) is 0 Å². The van der Waals surface area contributed by atoms with E-state index in [2.05, 4.69) is 4.90 Å². The molecule has 6 heteroatoms.